The van der Waals surface area contributed by atoms with Crippen molar-refractivity contribution in [2.24, 2.45) is 4.99 Å². The van der Waals surface area contributed by atoms with Crippen molar-refractivity contribution in [2.75, 3.05) is 19.8 Å². The number of halogens is 1. The third-order valence-corrected chi connectivity index (χ3v) is 10.4. The lowest BCUT2D eigenvalue weighted by Crippen LogP contribution is -2.51. The molecular weight excluding hydrogens is 466 g/mol. The van der Waals surface area contributed by atoms with E-state index in [1.165, 1.54) is 39.8 Å². The molecule has 1 unspecified atom stereocenters. The molecule has 6 nitrogen and oxygen atoms in total. The molecule has 1 aromatic rings. The number of nitrogens with zero attached hydrogens (tertiary/aromatic N) is 3. The fourth-order valence-corrected chi connectivity index (χ4v) is 7.79. The predicted molar refractivity (Wildman–Crippen MR) is 132 cm³/mol. The van der Waals surface area contributed by atoms with Crippen LogP contribution in [0.5, 0.6) is 0 Å². The quantitative estimate of drug-likeness (QED) is 0.629. The van der Waals surface area contributed by atoms with Crippen LogP contribution in [0.1, 0.15) is 69.8 Å². The number of hydrogen-bond acceptors (Lipinski definition) is 5. The van der Waals surface area contributed by atoms with Crippen LogP contribution in [0.2, 0.25) is 5.02 Å². The van der Waals surface area contributed by atoms with Crippen LogP contribution in [0.3, 0.4) is 0 Å². The van der Waals surface area contributed by atoms with Gasteiger partial charge < -0.3 is 10.0 Å². The van der Waals surface area contributed by atoms with Crippen LogP contribution in [-0.2, 0) is 15.7 Å². The molecule has 3 aliphatic rings. The lowest BCUT2D eigenvalue weighted by atomic mass is 9.91. The molecule has 1 aromatic carbocycles. The molecule has 1 N–H and O–H groups in total. The maximum atomic E-state index is 12.9. The van der Waals surface area contributed by atoms with Crippen molar-refractivity contribution in [1.82, 2.24) is 9.21 Å². The van der Waals surface area contributed by atoms with Crippen LogP contribution in [0.25, 0.3) is 0 Å². The first-order valence-corrected chi connectivity index (χ1v) is 14.5. The molecular formula is C23H34ClN3O3S2. The average molecular weight is 500 g/mol. The molecule has 1 atom stereocenters. The van der Waals surface area contributed by atoms with Gasteiger partial charge in [0, 0.05) is 25.7 Å². The molecule has 178 valence electrons. The summed E-state index contributed by atoms with van der Waals surface area (Å²) in [5.74, 6) is 0.429. The summed E-state index contributed by atoms with van der Waals surface area (Å²) in [4.78, 5) is 7.26. The second-order valence-corrected chi connectivity index (χ2v) is 12.9. The number of aliphatic imine (C=N–C) groups is 1. The SMILES string of the molecule is CN(C)S(=O)(=O)c1cc(C2(O)CS/C(=N\C3CCCCC3)N2C2CCCCC2)ccc1Cl. The number of benzene rings is 1. The van der Waals surface area contributed by atoms with Gasteiger partial charge in [-0.2, -0.15) is 0 Å². The monoisotopic (exact) mass is 499 g/mol. The molecule has 1 heterocycles. The Morgan fingerprint density at radius 1 is 1.09 bits per heavy atom. The van der Waals surface area contributed by atoms with E-state index in [1.54, 1.807) is 30.0 Å². The minimum absolute atomic E-state index is 0.0290. The van der Waals surface area contributed by atoms with Crippen molar-refractivity contribution in [3.63, 3.8) is 0 Å². The number of rotatable bonds is 5. The summed E-state index contributed by atoms with van der Waals surface area (Å²) in [6.45, 7) is 0. The highest BCUT2D eigenvalue weighted by Crippen LogP contribution is 2.45. The Morgan fingerprint density at radius 3 is 2.34 bits per heavy atom. The van der Waals surface area contributed by atoms with E-state index in [0.29, 0.717) is 17.4 Å². The molecule has 0 radical (unpaired) electrons. The van der Waals surface area contributed by atoms with Crippen molar-refractivity contribution in [1.29, 1.82) is 0 Å². The Kier molecular flexibility index (Phi) is 7.47. The fourth-order valence-electron chi connectivity index (χ4n) is 5.09. The normalized spacial score (nSPS) is 27.5. The van der Waals surface area contributed by atoms with E-state index in [0.717, 1.165) is 48.0 Å². The molecule has 0 spiro atoms. The van der Waals surface area contributed by atoms with Gasteiger partial charge in [-0.1, -0.05) is 68.0 Å². The Bertz CT molecular complexity index is 957. The van der Waals surface area contributed by atoms with E-state index in [9.17, 15) is 13.5 Å². The molecule has 0 aromatic heterocycles. The van der Waals surface area contributed by atoms with E-state index in [-0.39, 0.29) is 16.0 Å². The first kappa shape index (κ1) is 24.3. The minimum atomic E-state index is -3.73. The Morgan fingerprint density at radius 2 is 1.72 bits per heavy atom. The lowest BCUT2D eigenvalue weighted by molar-refractivity contribution is -0.0737. The Labute approximate surface area is 201 Å². The van der Waals surface area contributed by atoms with Gasteiger partial charge in [-0.25, -0.2) is 12.7 Å². The largest absolute Gasteiger partial charge is 0.366 e. The van der Waals surface area contributed by atoms with Gasteiger partial charge in [0.25, 0.3) is 0 Å². The first-order valence-electron chi connectivity index (χ1n) is 11.7. The van der Waals surface area contributed by atoms with Crippen molar-refractivity contribution in [3.8, 4) is 0 Å². The number of amidine groups is 1. The van der Waals surface area contributed by atoms with Crippen LogP contribution in [-0.4, -0.2) is 59.8 Å². The number of sulfonamides is 1. The molecule has 3 fully saturated rings. The van der Waals surface area contributed by atoms with Gasteiger partial charge in [0.05, 0.1) is 16.8 Å². The summed E-state index contributed by atoms with van der Waals surface area (Å²) >= 11 is 7.89. The van der Waals surface area contributed by atoms with Crippen LogP contribution in [0.15, 0.2) is 28.1 Å². The number of hydrogen-bond donors (Lipinski definition) is 1. The van der Waals surface area contributed by atoms with Crippen LogP contribution < -0.4 is 0 Å². The highest BCUT2D eigenvalue weighted by atomic mass is 35.5. The molecule has 9 heteroatoms. The standard InChI is InChI=1S/C23H34ClN3O3S2/c1-26(2)32(29,30)21-15-17(13-14-20(21)24)23(28)16-31-22(25-18-9-5-3-6-10-18)27(23)19-11-7-4-8-12-19/h13-15,18-19,28H,3-12,16H2,1-2H3/b25-22-. The predicted octanol–water partition coefficient (Wildman–Crippen LogP) is 4.81. The number of thioether (sulfide) groups is 1. The van der Waals surface area contributed by atoms with Gasteiger partial charge in [-0.05, 0) is 37.8 Å². The van der Waals surface area contributed by atoms with Crippen molar-refractivity contribution in [3.05, 3.63) is 28.8 Å². The maximum absolute atomic E-state index is 12.9. The van der Waals surface area contributed by atoms with Crippen molar-refractivity contribution in [2.45, 2.75) is 86.9 Å². The van der Waals surface area contributed by atoms with Gasteiger partial charge in [0.15, 0.2) is 10.9 Å². The smallest absolute Gasteiger partial charge is 0.244 e. The molecule has 1 saturated heterocycles. The van der Waals surface area contributed by atoms with Crippen molar-refractivity contribution < 1.29 is 13.5 Å². The molecule has 2 saturated carbocycles. The van der Waals surface area contributed by atoms with Crippen LogP contribution in [0.4, 0.5) is 0 Å². The van der Waals surface area contributed by atoms with E-state index in [4.69, 9.17) is 16.6 Å². The summed E-state index contributed by atoms with van der Waals surface area (Å²) in [5.41, 5.74) is -0.740. The lowest BCUT2D eigenvalue weighted by Gasteiger charge is -2.42. The second-order valence-electron chi connectivity index (χ2n) is 9.40. The summed E-state index contributed by atoms with van der Waals surface area (Å²) in [6.07, 6.45) is 11.4. The molecule has 0 bridgehead atoms. The molecule has 0 amide bonds. The third-order valence-electron chi connectivity index (χ3n) is 6.97. The average Bonchev–Trinajstić information content (AvgIpc) is 3.12. The van der Waals surface area contributed by atoms with E-state index in [1.807, 2.05) is 0 Å². The molecule has 4 rings (SSSR count). The van der Waals surface area contributed by atoms with Gasteiger partial charge in [0.1, 0.15) is 4.90 Å². The second kappa shape index (κ2) is 9.82. The van der Waals surface area contributed by atoms with Gasteiger partial charge >= 0.3 is 0 Å². The summed E-state index contributed by atoms with van der Waals surface area (Å²) in [5, 5.41) is 13.1. The maximum Gasteiger partial charge on any atom is 0.244 e. The summed E-state index contributed by atoms with van der Waals surface area (Å²) in [7, 11) is -0.755. The van der Waals surface area contributed by atoms with Crippen LogP contribution >= 0.6 is 23.4 Å². The topological polar surface area (TPSA) is 73.2 Å². The zero-order chi connectivity index (χ0) is 22.9. The van der Waals surface area contributed by atoms with Gasteiger partial charge in [-0.3, -0.25) is 4.99 Å². The van der Waals surface area contributed by atoms with E-state index in [2.05, 4.69) is 4.90 Å². The highest BCUT2D eigenvalue weighted by Gasteiger charge is 2.48. The summed E-state index contributed by atoms with van der Waals surface area (Å²) < 4.78 is 26.9. The van der Waals surface area contributed by atoms with E-state index < -0.39 is 15.7 Å². The third kappa shape index (κ3) is 4.71. The highest BCUT2D eigenvalue weighted by molar-refractivity contribution is 8.14. The summed E-state index contributed by atoms with van der Waals surface area (Å²) in [6, 6.07) is 5.42. The zero-order valence-corrected chi connectivity index (χ0v) is 21.4. The number of aliphatic hydroxyl groups is 1. The minimum Gasteiger partial charge on any atom is -0.366 e. The Balaban J connectivity index is 1.75. The van der Waals surface area contributed by atoms with Crippen LogP contribution in [0, 0.1) is 0 Å². The fraction of sp³-hybridized carbons (Fsp3) is 0.696. The molecule has 1 aliphatic heterocycles. The Hall–Kier alpha value is -0.800. The van der Waals surface area contributed by atoms with Gasteiger partial charge in [0.2, 0.25) is 10.0 Å². The molecule has 2 aliphatic carbocycles. The van der Waals surface area contributed by atoms with Crippen molar-refractivity contribution >= 4 is 38.6 Å². The molecule has 32 heavy (non-hydrogen) atoms. The first-order chi connectivity index (χ1) is 15.2. The van der Waals surface area contributed by atoms with Gasteiger partial charge in [-0.15, -0.1) is 0 Å². The van der Waals surface area contributed by atoms with E-state index >= 15 is 0 Å². The zero-order valence-electron chi connectivity index (χ0n) is 19.0.